The highest BCUT2D eigenvalue weighted by Gasteiger charge is 2.16. The van der Waals surface area contributed by atoms with Crippen molar-refractivity contribution in [1.82, 2.24) is 0 Å². The van der Waals surface area contributed by atoms with Gasteiger partial charge in [0.25, 0.3) is 0 Å². The number of allylic oxidation sites excluding steroid dienone is 3. The number of rotatable bonds is 7. The second-order valence-electron chi connectivity index (χ2n) is 4.39. The molecule has 94 valence electrons. The van der Waals surface area contributed by atoms with Gasteiger partial charge < -0.3 is 4.74 Å². The summed E-state index contributed by atoms with van der Waals surface area (Å²) in [6.45, 7) is 5.56. The predicted octanol–water partition coefficient (Wildman–Crippen LogP) is 2.81. The van der Waals surface area contributed by atoms with E-state index in [0.29, 0.717) is 12.8 Å². The van der Waals surface area contributed by atoms with Crippen LogP contribution in [0.5, 0.6) is 0 Å². The first kappa shape index (κ1) is 13.7. The monoisotopic (exact) mass is 236 g/mol. The first-order valence-electron chi connectivity index (χ1n) is 6.15. The molecule has 0 aromatic carbocycles. The Hall–Kier alpha value is -1.38. The molecule has 0 amide bonds. The fraction of sp³-hybridized carbons (Fsp3) is 0.571. The van der Waals surface area contributed by atoms with Gasteiger partial charge in [0.2, 0.25) is 0 Å². The third kappa shape index (κ3) is 4.55. The van der Waals surface area contributed by atoms with Gasteiger partial charge in [-0.1, -0.05) is 19.1 Å². The van der Waals surface area contributed by atoms with Crippen LogP contribution in [0.3, 0.4) is 0 Å². The largest absolute Gasteiger partial charge is 0.465 e. The lowest BCUT2D eigenvalue weighted by atomic mass is 10.1. The fourth-order valence-electron chi connectivity index (χ4n) is 1.82. The molecule has 0 aliphatic heterocycles. The minimum atomic E-state index is -0.252. The summed E-state index contributed by atoms with van der Waals surface area (Å²) >= 11 is 0. The molecule has 1 aliphatic carbocycles. The van der Waals surface area contributed by atoms with E-state index in [4.69, 9.17) is 4.74 Å². The molecule has 1 aliphatic rings. The summed E-state index contributed by atoms with van der Waals surface area (Å²) in [6.07, 6.45) is 7.54. The summed E-state index contributed by atoms with van der Waals surface area (Å²) < 4.78 is 5.05. The van der Waals surface area contributed by atoms with Crippen LogP contribution in [-0.4, -0.2) is 18.4 Å². The third-order valence-corrected chi connectivity index (χ3v) is 2.90. The van der Waals surface area contributed by atoms with E-state index in [-0.39, 0.29) is 24.3 Å². The first-order chi connectivity index (χ1) is 8.15. The van der Waals surface area contributed by atoms with E-state index in [9.17, 15) is 9.59 Å². The highest BCUT2D eigenvalue weighted by molar-refractivity contribution is 5.95. The number of esters is 1. The van der Waals surface area contributed by atoms with Crippen molar-refractivity contribution in [2.45, 2.75) is 39.0 Å². The number of hydrogen-bond acceptors (Lipinski definition) is 3. The van der Waals surface area contributed by atoms with E-state index < -0.39 is 0 Å². The lowest BCUT2D eigenvalue weighted by molar-refractivity contribution is -0.148. The van der Waals surface area contributed by atoms with Crippen molar-refractivity contribution < 1.29 is 14.3 Å². The van der Waals surface area contributed by atoms with Crippen molar-refractivity contribution >= 4 is 11.8 Å². The Morgan fingerprint density at radius 1 is 1.59 bits per heavy atom. The highest BCUT2D eigenvalue weighted by Crippen LogP contribution is 2.19. The molecule has 0 bridgehead atoms. The first-order valence-corrected chi connectivity index (χ1v) is 6.15. The van der Waals surface area contributed by atoms with Crippen molar-refractivity contribution in [2.75, 3.05) is 6.61 Å². The molecule has 3 heteroatoms. The quantitative estimate of drug-likeness (QED) is 0.504. The van der Waals surface area contributed by atoms with Gasteiger partial charge in [0.1, 0.15) is 0 Å². The van der Waals surface area contributed by atoms with Gasteiger partial charge in [-0.05, 0) is 31.3 Å². The molecular formula is C14H20O3. The van der Waals surface area contributed by atoms with Gasteiger partial charge >= 0.3 is 5.97 Å². The maximum Gasteiger partial charge on any atom is 0.308 e. The number of carbonyl (C=O) groups excluding carboxylic acids is 2. The van der Waals surface area contributed by atoms with Gasteiger partial charge in [0.05, 0.1) is 12.5 Å². The molecule has 0 N–H and O–H groups in total. The summed E-state index contributed by atoms with van der Waals surface area (Å²) in [5.74, 6) is -0.307. The topological polar surface area (TPSA) is 43.4 Å². The molecule has 17 heavy (non-hydrogen) atoms. The van der Waals surface area contributed by atoms with Crippen LogP contribution in [0.2, 0.25) is 0 Å². The second-order valence-corrected chi connectivity index (χ2v) is 4.39. The molecule has 0 fully saturated rings. The summed E-state index contributed by atoms with van der Waals surface area (Å²) in [5, 5.41) is 0. The van der Waals surface area contributed by atoms with Crippen LogP contribution in [0.4, 0.5) is 0 Å². The van der Waals surface area contributed by atoms with Crippen LogP contribution >= 0.6 is 0 Å². The van der Waals surface area contributed by atoms with Crippen LogP contribution < -0.4 is 0 Å². The van der Waals surface area contributed by atoms with Crippen molar-refractivity contribution in [3.63, 3.8) is 0 Å². The normalized spacial score (nSPS) is 16.2. The predicted molar refractivity (Wildman–Crippen MR) is 66.5 cm³/mol. The summed E-state index contributed by atoms with van der Waals surface area (Å²) in [7, 11) is 0. The van der Waals surface area contributed by atoms with Crippen LogP contribution in [-0.2, 0) is 14.3 Å². The minimum absolute atomic E-state index is 0.117. The van der Waals surface area contributed by atoms with E-state index in [1.54, 1.807) is 13.0 Å². The van der Waals surface area contributed by atoms with Gasteiger partial charge in [-0.3, -0.25) is 9.59 Å². The van der Waals surface area contributed by atoms with Gasteiger partial charge in [-0.25, -0.2) is 0 Å². The van der Waals surface area contributed by atoms with Crippen LogP contribution in [0.25, 0.3) is 0 Å². The highest BCUT2D eigenvalue weighted by atomic mass is 16.5. The summed E-state index contributed by atoms with van der Waals surface area (Å²) in [5.41, 5.74) is 0.903. The van der Waals surface area contributed by atoms with Gasteiger partial charge in [-0.15, -0.1) is 6.58 Å². The molecule has 1 rings (SSSR count). The molecule has 0 saturated heterocycles. The smallest absolute Gasteiger partial charge is 0.308 e. The number of ether oxygens (including phenoxy) is 1. The van der Waals surface area contributed by atoms with E-state index in [1.165, 1.54) is 0 Å². The zero-order valence-electron chi connectivity index (χ0n) is 10.4. The number of carbonyl (C=O) groups is 2. The Morgan fingerprint density at radius 2 is 2.35 bits per heavy atom. The van der Waals surface area contributed by atoms with E-state index >= 15 is 0 Å². The number of hydrogen-bond donors (Lipinski definition) is 0. The Bertz CT molecular complexity index is 328. The Kier molecular flexibility index (Phi) is 5.67. The molecule has 0 aromatic heterocycles. The zero-order valence-corrected chi connectivity index (χ0v) is 10.4. The van der Waals surface area contributed by atoms with Crippen molar-refractivity contribution in [3.05, 3.63) is 24.3 Å². The average Bonchev–Trinajstić information content (AvgIpc) is 2.82. The lowest BCUT2D eigenvalue weighted by Crippen LogP contribution is -2.16. The zero-order chi connectivity index (χ0) is 12.7. The molecule has 0 aromatic rings. The van der Waals surface area contributed by atoms with E-state index in [1.807, 2.05) is 6.08 Å². The SMILES string of the molecule is C=CCC(C)C(=O)OCCC(=O)C1=CCCC1. The Labute approximate surface area is 103 Å². The fourth-order valence-corrected chi connectivity index (χ4v) is 1.82. The molecular weight excluding hydrogens is 216 g/mol. The lowest BCUT2D eigenvalue weighted by Gasteiger charge is -2.09. The van der Waals surface area contributed by atoms with E-state index in [0.717, 1.165) is 24.8 Å². The Morgan fingerprint density at radius 3 is 2.94 bits per heavy atom. The second kappa shape index (κ2) is 7.05. The average molecular weight is 236 g/mol. The van der Waals surface area contributed by atoms with Crippen molar-refractivity contribution in [2.24, 2.45) is 5.92 Å². The van der Waals surface area contributed by atoms with Crippen LogP contribution in [0.15, 0.2) is 24.3 Å². The van der Waals surface area contributed by atoms with Crippen LogP contribution in [0.1, 0.15) is 39.0 Å². The van der Waals surface area contributed by atoms with Gasteiger partial charge in [-0.2, -0.15) is 0 Å². The van der Waals surface area contributed by atoms with Gasteiger partial charge in [0.15, 0.2) is 5.78 Å². The molecule has 1 atom stereocenters. The molecule has 1 unspecified atom stereocenters. The molecule has 0 heterocycles. The molecule has 0 spiro atoms. The van der Waals surface area contributed by atoms with E-state index in [2.05, 4.69) is 6.58 Å². The Balaban J connectivity index is 2.21. The summed E-state index contributed by atoms with van der Waals surface area (Å²) in [4.78, 5) is 23.1. The van der Waals surface area contributed by atoms with Gasteiger partial charge in [0, 0.05) is 6.42 Å². The number of ketones is 1. The molecule has 0 saturated carbocycles. The maximum atomic E-state index is 11.6. The van der Waals surface area contributed by atoms with Crippen molar-refractivity contribution in [1.29, 1.82) is 0 Å². The third-order valence-electron chi connectivity index (χ3n) is 2.90. The number of Topliss-reactive ketones (excluding diaryl/α,β-unsaturated/α-hetero) is 1. The van der Waals surface area contributed by atoms with Crippen molar-refractivity contribution in [3.8, 4) is 0 Å². The molecule has 0 radical (unpaired) electrons. The standard InChI is InChI=1S/C14H20O3/c1-3-6-11(2)14(16)17-10-9-13(15)12-7-4-5-8-12/h3,7,11H,1,4-6,8-10H2,2H3. The van der Waals surface area contributed by atoms with Crippen LogP contribution in [0, 0.1) is 5.92 Å². The minimum Gasteiger partial charge on any atom is -0.465 e. The molecule has 3 nitrogen and oxygen atoms in total. The summed E-state index contributed by atoms with van der Waals surface area (Å²) in [6, 6.07) is 0. The maximum absolute atomic E-state index is 11.6.